The summed E-state index contributed by atoms with van der Waals surface area (Å²) in [5.41, 5.74) is -1.53. The van der Waals surface area contributed by atoms with Gasteiger partial charge < -0.3 is 9.64 Å². The minimum atomic E-state index is -4.42. The molecule has 0 amide bonds. The summed E-state index contributed by atoms with van der Waals surface area (Å²) < 4.78 is 42.8. The Kier molecular flexibility index (Phi) is 4.70. The van der Waals surface area contributed by atoms with Crippen LogP contribution < -0.4 is 4.90 Å². The maximum atomic E-state index is 12.7. The number of alkyl halides is 3. The van der Waals surface area contributed by atoms with Crippen LogP contribution in [0, 0.1) is 11.3 Å². The molecule has 0 aliphatic carbocycles. The van der Waals surface area contributed by atoms with Crippen molar-refractivity contribution in [3.05, 3.63) is 11.1 Å². The third-order valence-corrected chi connectivity index (χ3v) is 5.11. The zero-order valence-corrected chi connectivity index (χ0v) is 13.6. The summed E-state index contributed by atoms with van der Waals surface area (Å²) in [5, 5.41) is 1.39. The lowest BCUT2D eigenvalue weighted by molar-refractivity contribution is -0.154. The second-order valence-corrected chi connectivity index (χ2v) is 6.85. The van der Waals surface area contributed by atoms with Gasteiger partial charge in [0.15, 0.2) is 10.8 Å². The van der Waals surface area contributed by atoms with Gasteiger partial charge in [-0.2, -0.15) is 13.2 Å². The Morgan fingerprint density at radius 3 is 2.68 bits per heavy atom. The molecule has 1 aliphatic heterocycles. The number of rotatable bonds is 3. The molecule has 8 heteroatoms. The predicted octanol–water partition coefficient (Wildman–Crippen LogP) is 3.58. The zero-order valence-electron chi connectivity index (χ0n) is 12.7. The summed E-state index contributed by atoms with van der Waals surface area (Å²) in [7, 11) is 1.35. The Hall–Kier alpha value is -1.31. The summed E-state index contributed by atoms with van der Waals surface area (Å²) in [5.74, 6) is -0.276. The number of piperidine rings is 1. The lowest BCUT2D eigenvalue weighted by Gasteiger charge is -2.39. The van der Waals surface area contributed by atoms with Crippen molar-refractivity contribution in [1.29, 1.82) is 0 Å². The second-order valence-electron chi connectivity index (χ2n) is 6.01. The minimum absolute atomic E-state index is 0.0203. The molecule has 1 atom stereocenters. The number of carbonyl (C=O) groups is 1. The van der Waals surface area contributed by atoms with Gasteiger partial charge in [0.2, 0.25) is 0 Å². The zero-order chi connectivity index (χ0) is 16.5. The number of nitrogens with zero attached hydrogens (tertiary/aromatic N) is 2. The molecule has 124 valence electrons. The van der Waals surface area contributed by atoms with E-state index in [-0.39, 0.29) is 11.9 Å². The summed E-state index contributed by atoms with van der Waals surface area (Å²) >= 11 is 0.988. The third kappa shape index (κ3) is 3.37. The summed E-state index contributed by atoms with van der Waals surface area (Å²) in [4.78, 5) is 17.4. The van der Waals surface area contributed by atoms with Gasteiger partial charge >= 0.3 is 12.1 Å². The highest BCUT2D eigenvalue weighted by Gasteiger charge is 2.41. The summed E-state index contributed by atoms with van der Waals surface area (Å²) in [6.45, 7) is 4.79. The smallest absolute Gasteiger partial charge is 0.434 e. The van der Waals surface area contributed by atoms with Gasteiger partial charge in [-0.05, 0) is 32.6 Å². The van der Waals surface area contributed by atoms with Gasteiger partial charge in [0, 0.05) is 18.5 Å². The van der Waals surface area contributed by atoms with Crippen LogP contribution in [0.1, 0.15) is 32.4 Å². The van der Waals surface area contributed by atoms with Crippen LogP contribution in [-0.4, -0.2) is 31.2 Å². The van der Waals surface area contributed by atoms with Gasteiger partial charge in [-0.15, -0.1) is 11.3 Å². The van der Waals surface area contributed by atoms with Crippen molar-refractivity contribution in [3.8, 4) is 0 Å². The first-order chi connectivity index (χ1) is 10.2. The van der Waals surface area contributed by atoms with Crippen molar-refractivity contribution in [2.45, 2.75) is 32.9 Å². The summed E-state index contributed by atoms with van der Waals surface area (Å²) in [6, 6.07) is 0. The Morgan fingerprint density at radius 2 is 2.14 bits per heavy atom. The third-order valence-electron chi connectivity index (χ3n) is 4.21. The van der Waals surface area contributed by atoms with Crippen LogP contribution in [0.2, 0.25) is 0 Å². The molecule has 1 aromatic rings. The second kappa shape index (κ2) is 6.06. The van der Waals surface area contributed by atoms with Crippen LogP contribution in [0.25, 0.3) is 0 Å². The molecule has 1 fully saturated rings. The van der Waals surface area contributed by atoms with E-state index in [9.17, 15) is 18.0 Å². The number of hydrogen-bond donors (Lipinski definition) is 0. The van der Waals surface area contributed by atoms with Crippen molar-refractivity contribution in [1.82, 2.24) is 4.98 Å². The minimum Gasteiger partial charge on any atom is -0.469 e. The number of thiazole rings is 1. The number of aromatic nitrogens is 1. The fourth-order valence-electron chi connectivity index (χ4n) is 2.71. The Bertz CT molecular complexity index is 542. The molecule has 1 saturated heterocycles. The van der Waals surface area contributed by atoms with E-state index in [1.807, 2.05) is 18.7 Å². The molecule has 22 heavy (non-hydrogen) atoms. The van der Waals surface area contributed by atoms with E-state index in [1.54, 1.807) is 0 Å². The molecule has 1 aliphatic rings. The van der Waals surface area contributed by atoms with E-state index >= 15 is 0 Å². The van der Waals surface area contributed by atoms with Crippen LogP contribution in [0.5, 0.6) is 0 Å². The molecule has 4 nitrogen and oxygen atoms in total. The van der Waals surface area contributed by atoms with Crippen LogP contribution in [0.3, 0.4) is 0 Å². The molecule has 0 spiro atoms. The van der Waals surface area contributed by atoms with E-state index in [0.717, 1.165) is 29.6 Å². The van der Waals surface area contributed by atoms with Crippen molar-refractivity contribution < 1.29 is 22.7 Å². The number of anilines is 1. The Balaban J connectivity index is 2.14. The van der Waals surface area contributed by atoms with E-state index in [4.69, 9.17) is 4.74 Å². The molecule has 0 aromatic carbocycles. The number of methoxy groups -OCH3 is 1. The molecular weight excluding hydrogens is 317 g/mol. The normalized spacial score (nSPS) is 20.1. The van der Waals surface area contributed by atoms with E-state index < -0.39 is 17.3 Å². The maximum Gasteiger partial charge on any atom is 0.434 e. The molecule has 0 N–H and O–H groups in total. The van der Waals surface area contributed by atoms with Gasteiger partial charge in [0.05, 0.1) is 12.5 Å². The first-order valence-electron chi connectivity index (χ1n) is 7.02. The fraction of sp³-hybridized carbons (Fsp3) is 0.714. The molecule has 0 saturated carbocycles. The van der Waals surface area contributed by atoms with Crippen LogP contribution in [0.15, 0.2) is 5.38 Å². The van der Waals surface area contributed by atoms with Gasteiger partial charge in [-0.25, -0.2) is 4.98 Å². The van der Waals surface area contributed by atoms with Gasteiger partial charge in [-0.3, -0.25) is 4.79 Å². The predicted molar refractivity (Wildman–Crippen MR) is 77.9 cm³/mol. The van der Waals surface area contributed by atoms with E-state index in [0.29, 0.717) is 18.2 Å². The lowest BCUT2D eigenvalue weighted by atomic mass is 9.74. The van der Waals surface area contributed by atoms with Gasteiger partial charge in [0.1, 0.15) is 0 Å². The first kappa shape index (κ1) is 17.1. The molecule has 1 aromatic heterocycles. The largest absolute Gasteiger partial charge is 0.469 e. The number of ether oxygens (including phenoxy) is 1. The quantitative estimate of drug-likeness (QED) is 0.791. The average Bonchev–Trinajstić information content (AvgIpc) is 2.96. The fourth-order valence-corrected chi connectivity index (χ4v) is 3.58. The van der Waals surface area contributed by atoms with Crippen molar-refractivity contribution in [2.75, 3.05) is 25.1 Å². The number of esters is 1. The van der Waals surface area contributed by atoms with Crippen LogP contribution >= 0.6 is 11.3 Å². The molecule has 2 heterocycles. The number of halogens is 3. The van der Waals surface area contributed by atoms with Crippen molar-refractivity contribution >= 4 is 22.4 Å². The monoisotopic (exact) mass is 336 g/mol. The Labute approximate surface area is 131 Å². The molecule has 0 radical (unpaired) electrons. The molecule has 2 rings (SSSR count). The molecular formula is C14H19F3N2O2S. The Morgan fingerprint density at radius 1 is 1.45 bits per heavy atom. The number of carbonyl (C=O) groups excluding carboxylic acids is 1. The van der Waals surface area contributed by atoms with Gasteiger partial charge in [0.25, 0.3) is 0 Å². The highest BCUT2D eigenvalue weighted by Crippen LogP contribution is 2.38. The van der Waals surface area contributed by atoms with Crippen LogP contribution in [-0.2, 0) is 15.7 Å². The van der Waals surface area contributed by atoms with E-state index in [2.05, 4.69) is 4.98 Å². The standard InChI is InChI=1S/C14H19F3N2O2S/c1-13(2,11(20)21-3)9-5-4-6-19(7-9)12-18-10(8-22-12)14(15,16)17/h8-9H,4-7H2,1-3H3. The maximum absolute atomic E-state index is 12.7. The number of hydrogen-bond acceptors (Lipinski definition) is 5. The highest BCUT2D eigenvalue weighted by atomic mass is 32.1. The lowest BCUT2D eigenvalue weighted by Crippen LogP contribution is -2.45. The van der Waals surface area contributed by atoms with Crippen molar-refractivity contribution in [3.63, 3.8) is 0 Å². The van der Waals surface area contributed by atoms with E-state index in [1.165, 1.54) is 7.11 Å². The average molecular weight is 336 g/mol. The molecule has 1 unspecified atom stereocenters. The van der Waals surface area contributed by atoms with Gasteiger partial charge in [-0.1, -0.05) is 0 Å². The molecule has 0 bridgehead atoms. The van der Waals surface area contributed by atoms with Crippen molar-refractivity contribution in [2.24, 2.45) is 11.3 Å². The van der Waals surface area contributed by atoms with Crippen LogP contribution in [0.4, 0.5) is 18.3 Å². The topological polar surface area (TPSA) is 42.4 Å². The first-order valence-corrected chi connectivity index (χ1v) is 7.90. The SMILES string of the molecule is COC(=O)C(C)(C)C1CCCN(c2nc(C(F)(F)F)cs2)C1. The summed E-state index contributed by atoms with van der Waals surface area (Å²) in [6.07, 6.45) is -2.77. The highest BCUT2D eigenvalue weighted by molar-refractivity contribution is 7.13.